The fraction of sp³-hybridized carbons (Fsp3) is 0. The van der Waals surface area contributed by atoms with Crippen LogP contribution < -0.4 is 16.0 Å². The van der Waals surface area contributed by atoms with Gasteiger partial charge in [-0.2, -0.15) is 10.2 Å². The first-order valence-electron chi connectivity index (χ1n) is 5.15. The Morgan fingerprint density at radius 3 is 2.68 bits per heavy atom. The summed E-state index contributed by atoms with van der Waals surface area (Å²) in [6.45, 7) is 0. The first-order valence-corrected chi connectivity index (χ1v) is 5.91. The number of hydrogen-bond donors (Lipinski definition) is 2. The number of hydrogen-bond acceptors (Lipinski definition) is 5. The highest BCUT2D eigenvalue weighted by Crippen LogP contribution is 2.33. The number of nitrogens with two attached hydrogens (primary N) is 1. The number of ether oxygens (including phenoxy) is 1. The van der Waals surface area contributed by atoms with Crippen LogP contribution in [0.1, 0.15) is 5.56 Å². The van der Waals surface area contributed by atoms with Gasteiger partial charge >= 0.3 is 0 Å². The van der Waals surface area contributed by atoms with Gasteiger partial charge in [0.05, 0.1) is 10.6 Å². The Kier molecular flexibility index (Phi) is 4.07. The van der Waals surface area contributed by atoms with Gasteiger partial charge in [0.2, 0.25) is 5.88 Å². The molecule has 19 heavy (non-hydrogen) atoms. The van der Waals surface area contributed by atoms with Crippen LogP contribution in [0.5, 0.6) is 11.6 Å². The van der Waals surface area contributed by atoms with Crippen LogP contribution in [0.4, 0.5) is 5.82 Å². The van der Waals surface area contributed by atoms with Gasteiger partial charge in [-0.3, -0.25) is 0 Å². The summed E-state index contributed by atoms with van der Waals surface area (Å²) in [5, 5.41) is 9.46. The largest absolute Gasteiger partial charge is 0.436 e. The lowest BCUT2D eigenvalue weighted by atomic mass is 10.2. The van der Waals surface area contributed by atoms with Gasteiger partial charge in [0.1, 0.15) is 16.8 Å². The molecule has 0 radical (unpaired) electrons. The Bertz CT molecular complexity index is 655. The third-order valence-electron chi connectivity index (χ3n) is 2.25. The van der Waals surface area contributed by atoms with Crippen molar-refractivity contribution in [3.63, 3.8) is 0 Å². The molecule has 7 heteroatoms. The molecule has 0 fully saturated rings. The lowest BCUT2D eigenvalue weighted by Gasteiger charge is -2.10. The first kappa shape index (κ1) is 13.4. The summed E-state index contributed by atoms with van der Waals surface area (Å²) in [6, 6.07) is 10.2. The lowest BCUT2D eigenvalue weighted by molar-refractivity contribution is 0.462. The van der Waals surface area contributed by atoms with Gasteiger partial charge in [-0.15, -0.1) is 0 Å². The highest BCUT2D eigenvalue weighted by molar-refractivity contribution is 6.36. The van der Waals surface area contributed by atoms with Crippen LogP contribution in [0.2, 0.25) is 10.0 Å². The number of nitriles is 1. The van der Waals surface area contributed by atoms with Gasteiger partial charge in [-0.05, 0) is 18.2 Å². The lowest BCUT2D eigenvalue weighted by Crippen LogP contribution is -2.09. The van der Waals surface area contributed by atoms with Crippen LogP contribution >= 0.6 is 23.2 Å². The SMILES string of the molecule is N#Cc1ccccc1Oc1nc(NN)c(Cl)cc1Cl. The van der Waals surface area contributed by atoms with E-state index in [0.29, 0.717) is 11.3 Å². The van der Waals surface area contributed by atoms with Crippen molar-refractivity contribution in [3.05, 3.63) is 45.9 Å². The van der Waals surface area contributed by atoms with Crippen LogP contribution in [-0.2, 0) is 0 Å². The van der Waals surface area contributed by atoms with E-state index in [2.05, 4.69) is 10.4 Å². The average molecular weight is 295 g/mol. The summed E-state index contributed by atoms with van der Waals surface area (Å²) in [7, 11) is 0. The normalized spacial score (nSPS) is 9.79. The Morgan fingerprint density at radius 2 is 2.00 bits per heavy atom. The standard InChI is InChI=1S/C12H8Cl2N4O/c13-8-5-9(14)12(17-11(8)18-16)19-10-4-2-1-3-7(10)6-15/h1-5H,16H2,(H,17,18). The number of anilines is 1. The maximum Gasteiger partial charge on any atom is 0.240 e. The van der Waals surface area contributed by atoms with Gasteiger partial charge in [0, 0.05) is 0 Å². The maximum absolute atomic E-state index is 8.97. The second-order valence-electron chi connectivity index (χ2n) is 3.46. The van der Waals surface area contributed by atoms with E-state index in [1.54, 1.807) is 24.3 Å². The predicted octanol–water partition coefficient (Wildman–Crippen LogP) is 3.34. The molecule has 0 amide bonds. The van der Waals surface area contributed by atoms with Crippen molar-refractivity contribution in [3.8, 4) is 17.7 Å². The number of benzene rings is 1. The monoisotopic (exact) mass is 294 g/mol. The van der Waals surface area contributed by atoms with Crippen LogP contribution in [0.25, 0.3) is 0 Å². The number of nitrogen functional groups attached to an aromatic ring is 1. The predicted molar refractivity (Wildman–Crippen MR) is 73.3 cm³/mol. The molecule has 0 bridgehead atoms. The van der Waals surface area contributed by atoms with Gasteiger partial charge < -0.3 is 10.2 Å². The highest BCUT2D eigenvalue weighted by Gasteiger charge is 2.12. The minimum Gasteiger partial charge on any atom is -0.436 e. The van der Waals surface area contributed by atoms with Crippen molar-refractivity contribution in [1.82, 2.24) is 4.98 Å². The van der Waals surface area contributed by atoms with Crippen molar-refractivity contribution in [2.75, 3.05) is 5.43 Å². The summed E-state index contributed by atoms with van der Waals surface area (Å²) in [5.41, 5.74) is 2.70. The molecule has 5 nitrogen and oxygen atoms in total. The smallest absolute Gasteiger partial charge is 0.240 e. The molecule has 1 heterocycles. The molecule has 1 aromatic carbocycles. The molecule has 2 rings (SSSR count). The van der Waals surface area contributed by atoms with Crippen LogP contribution in [-0.4, -0.2) is 4.98 Å². The van der Waals surface area contributed by atoms with E-state index in [9.17, 15) is 0 Å². The number of rotatable bonds is 3. The third-order valence-corrected chi connectivity index (χ3v) is 2.81. The van der Waals surface area contributed by atoms with E-state index >= 15 is 0 Å². The minimum atomic E-state index is 0.113. The zero-order chi connectivity index (χ0) is 13.8. The number of nitrogens with zero attached hydrogens (tertiary/aromatic N) is 2. The molecule has 0 saturated carbocycles. The minimum absolute atomic E-state index is 0.113. The van der Waals surface area contributed by atoms with E-state index in [1.165, 1.54) is 6.07 Å². The molecule has 1 aromatic heterocycles. The topological polar surface area (TPSA) is 84.0 Å². The summed E-state index contributed by atoms with van der Waals surface area (Å²) in [6.07, 6.45) is 0. The van der Waals surface area contributed by atoms with Crippen molar-refractivity contribution in [2.24, 2.45) is 5.84 Å². The Balaban J connectivity index is 2.41. The zero-order valence-corrected chi connectivity index (χ0v) is 11.0. The van der Waals surface area contributed by atoms with Crippen molar-refractivity contribution in [1.29, 1.82) is 5.26 Å². The number of pyridine rings is 1. The fourth-order valence-electron chi connectivity index (χ4n) is 1.37. The van der Waals surface area contributed by atoms with E-state index in [4.69, 9.17) is 39.0 Å². The number of aromatic nitrogens is 1. The molecule has 0 unspecified atom stereocenters. The van der Waals surface area contributed by atoms with E-state index in [1.807, 2.05) is 6.07 Å². The zero-order valence-electron chi connectivity index (χ0n) is 9.52. The van der Waals surface area contributed by atoms with Crippen molar-refractivity contribution in [2.45, 2.75) is 0 Å². The number of halogens is 2. The Labute approximate surface area is 119 Å². The molecule has 3 N–H and O–H groups in total. The van der Waals surface area contributed by atoms with Crippen LogP contribution in [0.3, 0.4) is 0 Å². The summed E-state index contributed by atoms with van der Waals surface area (Å²) in [4.78, 5) is 4.03. The van der Waals surface area contributed by atoms with Crippen molar-refractivity contribution < 1.29 is 4.74 Å². The molecule has 0 aliphatic carbocycles. The Morgan fingerprint density at radius 1 is 1.26 bits per heavy atom. The van der Waals surface area contributed by atoms with E-state index < -0.39 is 0 Å². The van der Waals surface area contributed by atoms with Crippen molar-refractivity contribution >= 4 is 29.0 Å². The number of hydrazine groups is 1. The molecule has 0 saturated heterocycles. The third kappa shape index (κ3) is 2.88. The molecule has 0 aliphatic rings. The molecule has 2 aromatic rings. The van der Waals surface area contributed by atoms with E-state index in [-0.39, 0.29) is 21.7 Å². The molecule has 96 valence electrons. The van der Waals surface area contributed by atoms with Gasteiger partial charge in [-0.1, -0.05) is 35.3 Å². The Hall–Kier alpha value is -2.00. The molecule has 0 atom stereocenters. The second-order valence-corrected chi connectivity index (χ2v) is 4.27. The quantitative estimate of drug-likeness (QED) is 0.670. The average Bonchev–Trinajstić information content (AvgIpc) is 2.42. The summed E-state index contributed by atoms with van der Waals surface area (Å²) in [5.74, 6) is 5.97. The molecular formula is C12H8Cl2N4O. The molecule has 0 aliphatic heterocycles. The first-order chi connectivity index (χ1) is 9.15. The molecule has 0 spiro atoms. The van der Waals surface area contributed by atoms with Gasteiger partial charge in [-0.25, -0.2) is 5.84 Å². The number of para-hydroxylation sites is 1. The van der Waals surface area contributed by atoms with E-state index in [0.717, 1.165) is 0 Å². The highest BCUT2D eigenvalue weighted by atomic mass is 35.5. The fourth-order valence-corrected chi connectivity index (χ4v) is 1.83. The summed E-state index contributed by atoms with van der Waals surface area (Å²) < 4.78 is 5.51. The molecular weight excluding hydrogens is 287 g/mol. The van der Waals surface area contributed by atoms with Crippen LogP contribution in [0.15, 0.2) is 30.3 Å². The maximum atomic E-state index is 8.97. The van der Waals surface area contributed by atoms with Crippen LogP contribution in [0, 0.1) is 11.3 Å². The second kappa shape index (κ2) is 5.76. The summed E-state index contributed by atoms with van der Waals surface area (Å²) >= 11 is 11.8. The van der Waals surface area contributed by atoms with Gasteiger partial charge in [0.15, 0.2) is 5.82 Å². The number of nitrogens with one attached hydrogen (secondary N) is 1. The van der Waals surface area contributed by atoms with Gasteiger partial charge in [0.25, 0.3) is 0 Å².